The predicted octanol–water partition coefficient (Wildman–Crippen LogP) is 9.26. The van der Waals surface area contributed by atoms with Crippen molar-refractivity contribution in [1.82, 2.24) is 19.9 Å². The largest absolute Gasteiger partial charge is 0.478 e. The lowest BCUT2D eigenvalue weighted by molar-refractivity contribution is 0.0598. The number of hydrogen-bond donors (Lipinski definition) is 1. The average molecular weight is 687 g/mol. The molecular weight excluding hydrogens is 636 g/mol. The summed E-state index contributed by atoms with van der Waals surface area (Å²) in [5.41, 5.74) is 10.00. The Morgan fingerprint density at radius 2 is 0.902 bits per heavy atom. The first kappa shape index (κ1) is 37.3. The lowest BCUT2D eigenvalue weighted by atomic mass is 9.63. The minimum absolute atomic E-state index is 0.0740. The number of benzene rings is 2. The molecule has 0 saturated heterocycles. The van der Waals surface area contributed by atoms with Crippen LogP contribution in [0.4, 0.5) is 0 Å². The van der Waals surface area contributed by atoms with Gasteiger partial charge in [-0.3, -0.25) is 0 Å². The second-order valence-corrected chi connectivity index (χ2v) is 16.4. The number of ether oxygens (including phenoxy) is 1. The number of aromatic nitrogens is 4. The Kier molecular flexibility index (Phi) is 9.96. The van der Waals surface area contributed by atoms with Crippen LogP contribution in [0.15, 0.2) is 74.3 Å². The lowest BCUT2D eigenvalue weighted by Gasteiger charge is -2.42. The van der Waals surface area contributed by atoms with Crippen molar-refractivity contribution in [3.63, 3.8) is 0 Å². The van der Waals surface area contributed by atoms with Gasteiger partial charge in [-0.25, -0.2) is 29.5 Å². The fourth-order valence-electron chi connectivity index (χ4n) is 7.11. The topological polar surface area (TPSA) is 115 Å². The Balaban J connectivity index is 0.000000198. The molecule has 0 radical (unpaired) electrons. The normalized spacial score (nSPS) is 17.4. The number of carbonyl (C=O) groups is 2. The fraction of sp³-hybridized carbons (Fsp3) is 0.395. The number of esters is 1. The van der Waals surface area contributed by atoms with Gasteiger partial charge in [-0.1, -0.05) is 105 Å². The van der Waals surface area contributed by atoms with Crippen molar-refractivity contribution < 1.29 is 19.4 Å². The zero-order valence-electron chi connectivity index (χ0n) is 31.5. The number of fused-ring (bicyclic) bond motifs is 2. The molecule has 2 aromatic heterocycles. The first-order valence-electron chi connectivity index (χ1n) is 17.4. The van der Waals surface area contributed by atoms with Crippen LogP contribution in [0.25, 0.3) is 11.1 Å². The Morgan fingerprint density at radius 3 is 1.24 bits per heavy atom. The summed E-state index contributed by atoms with van der Waals surface area (Å²) in [4.78, 5) is 39.4. The summed E-state index contributed by atoms with van der Waals surface area (Å²) in [5, 5.41) is 8.97. The van der Waals surface area contributed by atoms with Crippen molar-refractivity contribution in [1.29, 1.82) is 0 Å². The van der Waals surface area contributed by atoms with Gasteiger partial charge in [0, 0.05) is 35.9 Å². The van der Waals surface area contributed by atoms with Gasteiger partial charge in [-0.2, -0.15) is 0 Å². The van der Waals surface area contributed by atoms with Crippen LogP contribution in [0.1, 0.15) is 147 Å². The number of hydrogen-bond acceptors (Lipinski definition) is 7. The summed E-state index contributed by atoms with van der Waals surface area (Å²) in [6, 6.07) is 13.0. The van der Waals surface area contributed by atoms with Gasteiger partial charge in [-0.05, 0) is 80.7 Å². The molecule has 0 aliphatic heterocycles. The number of carboxylic acids is 1. The Morgan fingerprint density at radius 1 is 0.569 bits per heavy atom. The third kappa shape index (κ3) is 7.55. The van der Waals surface area contributed by atoms with E-state index in [0.29, 0.717) is 22.8 Å². The van der Waals surface area contributed by atoms with E-state index < -0.39 is 11.9 Å². The fourth-order valence-corrected chi connectivity index (χ4v) is 7.11. The molecule has 2 aromatic carbocycles. The highest BCUT2D eigenvalue weighted by Gasteiger charge is 2.38. The maximum absolute atomic E-state index is 11.5. The predicted molar refractivity (Wildman–Crippen MR) is 202 cm³/mol. The zero-order chi connectivity index (χ0) is 37.5. The molecule has 0 atom stereocenters. The maximum Gasteiger partial charge on any atom is 0.341 e. The molecule has 266 valence electrons. The molecule has 4 aromatic rings. The van der Waals surface area contributed by atoms with Crippen LogP contribution < -0.4 is 0 Å². The van der Waals surface area contributed by atoms with Gasteiger partial charge in [-0.15, -0.1) is 0 Å². The quantitative estimate of drug-likeness (QED) is 0.200. The van der Waals surface area contributed by atoms with Gasteiger partial charge in [0.2, 0.25) is 0 Å². The summed E-state index contributed by atoms with van der Waals surface area (Å²) in [6.07, 6.45) is 10.3. The van der Waals surface area contributed by atoms with Crippen molar-refractivity contribution in [3.8, 4) is 0 Å². The summed E-state index contributed by atoms with van der Waals surface area (Å²) in [7, 11) is 1.34. The van der Waals surface area contributed by atoms with E-state index in [1.807, 2.05) is 0 Å². The van der Waals surface area contributed by atoms with Gasteiger partial charge in [0.05, 0.1) is 18.2 Å². The molecule has 2 aliphatic carbocycles. The molecule has 8 heteroatoms. The van der Waals surface area contributed by atoms with Gasteiger partial charge in [0.15, 0.2) is 11.6 Å². The lowest BCUT2D eigenvalue weighted by Crippen LogP contribution is -2.33. The molecule has 6 rings (SSSR count). The van der Waals surface area contributed by atoms with E-state index in [9.17, 15) is 9.59 Å². The van der Waals surface area contributed by atoms with Crippen LogP contribution in [0.2, 0.25) is 0 Å². The Hall–Kier alpha value is -4.98. The molecule has 0 fully saturated rings. The minimum atomic E-state index is -1.03. The van der Waals surface area contributed by atoms with Gasteiger partial charge < -0.3 is 9.84 Å². The van der Waals surface area contributed by atoms with E-state index in [1.165, 1.54) is 67.0 Å². The number of aromatic carboxylic acids is 1. The molecule has 2 aliphatic rings. The summed E-state index contributed by atoms with van der Waals surface area (Å²) in [5.74, 6) is -0.502. The second kappa shape index (κ2) is 13.6. The SMILES string of the molecule is C=C(c1ccc2c(c1)C(C)(C)CCC2(C)C)c1ncc(C(=O)O)cn1.C=C(c1ccc2c(c1)C(C)(C)CCC2(C)C)c1ncc(C(=O)OC)cn1. The van der Waals surface area contributed by atoms with Crippen LogP contribution in [0, 0.1) is 0 Å². The maximum atomic E-state index is 11.5. The highest BCUT2D eigenvalue weighted by atomic mass is 16.5. The number of methoxy groups -OCH3 is 1. The highest BCUT2D eigenvalue weighted by Crippen LogP contribution is 2.47. The molecule has 0 bridgehead atoms. The minimum Gasteiger partial charge on any atom is -0.478 e. The molecule has 0 amide bonds. The van der Waals surface area contributed by atoms with Crippen molar-refractivity contribution in [2.45, 2.75) is 103 Å². The van der Waals surface area contributed by atoms with E-state index in [4.69, 9.17) is 5.11 Å². The van der Waals surface area contributed by atoms with Crippen LogP contribution in [0.5, 0.6) is 0 Å². The highest BCUT2D eigenvalue weighted by molar-refractivity contribution is 5.89. The van der Waals surface area contributed by atoms with Crippen molar-refractivity contribution in [3.05, 3.63) is 130 Å². The molecule has 0 saturated carbocycles. The number of nitrogens with zero attached hydrogens (tertiary/aromatic N) is 4. The number of carboxylic acid groups (broad SMARTS) is 1. The van der Waals surface area contributed by atoms with Gasteiger partial charge in [0.1, 0.15) is 0 Å². The molecule has 51 heavy (non-hydrogen) atoms. The summed E-state index contributed by atoms with van der Waals surface area (Å²) < 4.78 is 4.68. The zero-order valence-corrected chi connectivity index (χ0v) is 31.5. The van der Waals surface area contributed by atoms with Crippen LogP contribution in [0.3, 0.4) is 0 Å². The standard InChI is InChI=1S/C22H26N2O2.C21H24N2O2/c1-14(19-23-12-16(13-24-19)20(25)26-6)15-7-8-17-18(11-15)22(4,5)10-9-21(17,2)3;1-13(18-22-11-15(12-23-18)19(24)25)14-6-7-16-17(10-14)21(4,5)9-8-20(16,2)3/h7-8,11-13H,1,9-10H2,2-6H3;6-7,10-12H,1,8-9H2,2-5H3,(H,24,25). The molecule has 1 N–H and O–H groups in total. The van der Waals surface area contributed by atoms with E-state index in [2.05, 4.69) is 130 Å². The third-order valence-corrected chi connectivity index (χ3v) is 10.9. The van der Waals surface area contributed by atoms with E-state index in [0.717, 1.165) is 29.5 Å². The van der Waals surface area contributed by atoms with Crippen molar-refractivity contribution >= 4 is 23.1 Å². The first-order valence-corrected chi connectivity index (χ1v) is 17.4. The van der Waals surface area contributed by atoms with Crippen LogP contribution in [-0.2, 0) is 26.4 Å². The summed E-state index contributed by atoms with van der Waals surface area (Å²) >= 11 is 0. The van der Waals surface area contributed by atoms with Gasteiger partial charge >= 0.3 is 11.9 Å². The Bertz CT molecular complexity index is 2000. The van der Waals surface area contributed by atoms with E-state index in [1.54, 1.807) is 0 Å². The average Bonchev–Trinajstić information content (AvgIpc) is 3.11. The monoisotopic (exact) mass is 686 g/mol. The second-order valence-electron chi connectivity index (χ2n) is 16.4. The molecule has 2 heterocycles. The molecule has 0 unspecified atom stereocenters. The smallest absolute Gasteiger partial charge is 0.341 e. The van der Waals surface area contributed by atoms with Gasteiger partial charge in [0.25, 0.3) is 0 Å². The number of carbonyl (C=O) groups excluding carboxylic acids is 1. The third-order valence-electron chi connectivity index (χ3n) is 10.9. The van der Waals surface area contributed by atoms with E-state index in [-0.39, 0.29) is 27.2 Å². The molecule has 0 spiro atoms. The molecular formula is C43H50N4O4. The van der Waals surface area contributed by atoms with Crippen LogP contribution >= 0.6 is 0 Å². The van der Waals surface area contributed by atoms with Crippen molar-refractivity contribution in [2.75, 3.05) is 7.11 Å². The van der Waals surface area contributed by atoms with Crippen molar-refractivity contribution in [2.24, 2.45) is 0 Å². The summed E-state index contributed by atoms with van der Waals surface area (Å²) in [6.45, 7) is 26.7. The Labute approximate surface area is 302 Å². The van der Waals surface area contributed by atoms with Crippen LogP contribution in [-0.4, -0.2) is 44.1 Å². The first-order chi connectivity index (χ1) is 23.8. The molecule has 8 nitrogen and oxygen atoms in total. The van der Waals surface area contributed by atoms with E-state index >= 15 is 0 Å². The number of rotatable bonds is 6.